The Labute approximate surface area is 105 Å². The molecule has 2 amide bonds. The van der Waals surface area contributed by atoms with Gasteiger partial charge >= 0.3 is 6.03 Å². The molecule has 1 heterocycles. The number of primary amides is 1. The van der Waals surface area contributed by atoms with Crippen molar-refractivity contribution in [3.63, 3.8) is 0 Å². The Morgan fingerprint density at radius 2 is 1.89 bits per heavy atom. The lowest BCUT2D eigenvalue weighted by Gasteiger charge is -2.13. The second kappa shape index (κ2) is 6.42. The van der Waals surface area contributed by atoms with E-state index in [0.29, 0.717) is 30.9 Å². The fourth-order valence-electron chi connectivity index (χ4n) is 1.12. The molecule has 0 fully saturated rings. The minimum Gasteiger partial charge on any atom is -0.357 e. The van der Waals surface area contributed by atoms with E-state index >= 15 is 0 Å². The molecule has 0 saturated heterocycles. The Balaban J connectivity index is 2.63. The average molecular weight is 254 g/mol. The molecule has 1 aromatic heterocycles. The van der Waals surface area contributed by atoms with Crippen molar-refractivity contribution in [2.45, 2.75) is 0 Å². The van der Waals surface area contributed by atoms with Crippen molar-refractivity contribution in [3.8, 4) is 0 Å². The number of aromatic nitrogens is 3. The molecule has 18 heavy (non-hydrogen) atoms. The molecule has 0 aliphatic heterocycles. The van der Waals surface area contributed by atoms with E-state index in [-0.39, 0.29) is 0 Å². The minimum atomic E-state index is -0.558. The van der Waals surface area contributed by atoms with Crippen LogP contribution in [0.5, 0.6) is 0 Å². The summed E-state index contributed by atoms with van der Waals surface area (Å²) < 4.78 is 0. The topological polar surface area (TPSA) is 121 Å². The minimum absolute atomic E-state index is 0.396. The van der Waals surface area contributed by atoms with Crippen LogP contribution in [-0.4, -0.2) is 55.2 Å². The number of hydrogen-bond acceptors (Lipinski definition) is 7. The van der Waals surface area contributed by atoms with Crippen LogP contribution in [0.4, 0.5) is 22.6 Å². The lowest BCUT2D eigenvalue weighted by molar-refractivity contribution is 0.249. The molecular weight excluding hydrogens is 236 g/mol. The van der Waals surface area contributed by atoms with Gasteiger partial charge in [-0.2, -0.15) is 15.0 Å². The van der Waals surface area contributed by atoms with Crippen LogP contribution in [0.25, 0.3) is 0 Å². The van der Waals surface area contributed by atoms with Crippen molar-refractivity contribution in [2.24, 2.45) is 5.73 Å². The maximum atomic E-state index is 10.5. The van der Waals surface area contributed by atoms with E-state index in [2.05, 4.69) is 30.9 Å². The fourth-order valence-corrected chi connectivity index (χ4v) is 1.12. The van der Waals surface area contributed by atoms with Crippen LogP contribution in [-0.2, 0) is 0 Å². The molecule has 0 aliphatic carbocycles. The highest BCUT2D eigenvalue weighted by Gasteiger charge is 2.06. The molecule has 0 saturated carbocycles. The van der Waals surface area contributed by atoms with Crippen molar-refractivity contribution < 1.29 is 4.79 Å². The Morgan fingerprint density at radius 1 is 1.22 bits per heavy atom. The van der Waals surface area contributed by atoms with Gasteiger partial charge in [-0.3, -0.25) is 0 Å². The van der Waals surface area contributed by atoms with Crippen molar-refractivity contribution in [1.29, 1.82) is 0 Å². The molecule has 0 unspecified atom stereocenters. The number of anilines is 3. The quantitative estimate of drug-likeness (QED) is 0.483. The van der Waals surface area contributed by atoms with E-state index in [0.717, 1.165) is 0 Å². The number of amides is 2. The van der Waals surface area contributed by atoms with Crippen LogP contribution < -0.4 is 26.6 Å². The average Bonchev–Trinajstić information content (AvgIpc) is 2.34. The van der Waals surface area contributed by atoms with Gasteiger partial charge in [-0.05, 0) is 0 Å². The molecule has 9 nitrogen and oxygen atoms in total. The first-order chi connectivity index (χ1) is 8.52. The highest BCUT2D eigenvalue weighted by atomic mass is 16.2. The van der Waals surface area contributed by atoms with Gasteiger partial charge in [-0.25, -0.2) is 4.79 Å². The summed E-state index contributed by atoms with van der Waals surface area (Å²) >= 11 is 0. The molecule has 1 aromatic rings. The van der Waals surface area contributed by atoms with Gasteiger partial charge in [-0.15, -0.1) is 0 Å². The summed E-state index contributed by atoms with van der Waals surface area (Å²) in [5.41, 5.74) is 4.95. The van der Waals surface area contributed by atoms with E-state index in [1.54, 1.807) is 11.9 Å². The smallest absolute Gasteiger partial charge is 0.312 e. The first-order valence-electron chi connectivity index (χ1n) is 5.41. The van der Waals surface area contributed by atoms with Gasteiger partial charge in [0.1, 0.15) is 0 Å². The Hall–Kier alpha value is -2.32. The fraction of sp³-hybridized carbons (Fsp3) is 0.556. The summed E-state index contributed by atoms with van der Waals surface area (Å²) in [5.74, 6) is 1.45. The largest absolute Gasteiger partial charge is 0.357 e. The van der Waals surface area contributed by atoms with Gasteiger partial charge in [0, 0.05) is 34.2 Å². The van der Waals surface area contributed by atoms with E-state index in [1.165, 1.54) is 0 Å². The summed E-state index contributed by atoms with van der Waals surface area (Å²) in [5, 5.41) is 8.28. The molecule has 0 atom stereocenters. The molecular formula is C9H18N8O. The number of nitrogens with zero attached hydrogens (tertiary/aromatic N) is 4. The second-order valence-electron chi connectivity index (χ2n) is 3.64. The number of carbonyl (C=O) groups is 1. The SMILES string of the molecule is CNc1nc(NCCNC(N)=O)nc(N(C)C)n1. The van der Waals surface area contributed by atoms with Crippen LogP contribution in [0.3, 0.4) is 0 Å². The van der Waals surface area contributed by atoms with Crippen LogP contribution in [0.1, 0.15) is 0 Å². The molecule has 0 radical (unpaired) electrons. The van der Waals surface area contributed by atoms with Crippen LogP contribution >= 0.6 is 0 Å². The van der Waals surface area contributed by atoms with E-state index in [4.69, 9.17) is 5.73 Å². The van der Waals surface area contributed by atoms with E-state index in [9.17, 15) is 4.79 Å². The first-order valence-corrected chi connectivity index (χ1v) is 5.41. The second-order valence-corrected chi connectivity index (χ2v) is 3.64. The van der Waals surface area contributed by atoms with Crippen LogP contribution in [0.2, 0.25) is 0 Å². The number of carbonyl (C=O) groups excluding carboxylic acids is 1. The zero-order valence-electron chi connectivity index (χ0n) is 10.7. The van der Waals surface area contributed by atoms with E-state index in [1.807, 2.05) is 14.1 Å². The third-order valence-corrected chi connectivity index (χ3v) is 1.95. The van der Waals surface area contributed by atoms with Gasteiger partial charge in [0.05, 0.1) is 0 Å². The highest BCUT2D eigenvalue weighted by molar-refractivity contribution is 5.71. The predicted molar refractivity (Wildman–Crippen MR) is 69.8 cm³/mol. The highest BCUT2D eigenvalue weighted by Crippen LogP contribution is 2.10. The van der Waals surface area contributed by atoms with E-state index < -0.39 is 6.03 Å². The summed E-state index contributed by atoms with van der Waals surface area (Å²) in [6, 6.07) is -0.558. The lowest BCUT2D eigenvalue weighted by atomic mass is 10.6. The molecule has 0 aliphatic rings. The predicted octanol–water partition coefficient (Wildman–Crippen LogP) is -0.940. The first kappa shape index (κ1) is 13.7. The number of rotatable bonds is 6. The lowest BCUT2D eigenvalue weighted by Crippen LogP contribution is -2.33. The van der Waals surface area contributed by atoms with Crippen LogP contribution in [0.15, 0.2) is 0 Å². The Bertz CT molecular complexity index is 408. The molecule has 5 N–H and O–H groups in total. The summed E-state index contributed by atoms with van der Waals surface area (Å²) in [6.07, 6.45) is 0. The monoisotopic (exact) mass is 254 g/mol. The molecule has 1 rings (SSSR count). The maximum Gasteiger partial charge on any atom is 0.312 e. The zero-order chi connectivity index (χ0) is 13.5. The van der Waals surface area contributed by atoms with Gasteiger partial charge in [0.2, 0.25) is 17.8 Å². The van der Waals surface area contributed by atoms with Crippen molar-refractivity contribution in [2.75, 3.05) is 49.8 Å². The number of nitrogens with one attached hydrogen (secondary N) is 3. The summed E-state index contributed by atoms with van der Waals surface area (Å²) in [7, 11) is 5.41. The van der Waals surface area contributed by atoms with Gasteiger partial charge < -0.3 is 26.6 Å². The normalized spacial score (nSPS) is 9.72. The number of urea groups is 1. The van der Waals surface area contributed by atoms with Crippen LogP contribution in [0, 0.1) is 0 Å². The van der Waals surface area contributed by atoms with Crippen molar-refractivity contribution in [3.05, 3.63) is 0 Å². The van der Waals surface area contributed by atoms with Gasteiger partial charge in [0.25, 0.3) is 0 Å². The molecule has 100 valence electrons. The number of hydrogen-bond donors (Lipinski definition) is 4. The van der Waals surface area contributed by atoms with Crippen molar-refractivity contribution >= 4 is 23.9 Å². The maximum absolute atomic E-state index is 10.5. The van der Waals surface area contributed by atoms with Crippen molar-refractivity contribution in [1.82, 2.24) is 20.3 Å². The molecule has 0 aromatic carbocycles. The van der Waals surface area contributed by atoms with Gasteiger partial charge in [0.15, 0.2) is 0 Å². The number of nitrogens with two attached hydrogens (primary N) is 1. The van der Waals surface area contributed by atoms with Gasteiger partial charge in [-0.1, -0.05) is 0 Å². The Kier molecular flexibility index (Phi) is 4.90. The molecule has 0 bridgehead atoms. The molecule has 9 heteroatoms. The summed E-state index contributed by atoms with van der Waals surface area (Å²) in [6.45, 7) is 0.871. The standard InChI is InChI=1S/C9H18N8O/c1-11-7-14-8(13-5-4-12-6(10)18)16-9(15-7)17(2)3/h4-5H2,1-3H3,(H3,10,12,18)(H2,11,13,14,15,16). The Morgan fingerprint density at radius 3 is 2.44 bits per heavy atom. The third kappa shape index (κ3) is 4.28. The summed E-state index contributed by atoms with van der Waals surface area (Å²) in [4.78, 5) is 24.8. The zero-order valence-corrected chi connectivity index (χ0v) is 10.7. The molecule has 0 spiro atoms. The third-order valence-electron chi connectivity index (χ3n) is 1.95.